The molecule has 2 aliphatic heterocycles. The number of benzene rings is 1. The topological polar surface area (TPSA) is 42.9 Å². The molecule has 0 aromatic heterocycles. The van der Waals surface area contributed by atoms with Crippen molar-refractivity contribution in [1.29, 1.82) is 0 Å². The summed E-state index contributed by atoms with van der Waals surface area (Å²) in [5, 5.41) is 7.17. The lowest BCUT2D eigenvalue weighted by atomic mass is 9.98. The van der Waals surface area contributed by atoms with Crippen molar-refractivity contribution in [2.75, 3.05) is 39.3 Å². The van der Waals surface area contributed by atoms with Gasteiger partial charge in [0.25, 0.3) is 0 Å². The third-order valence-corrected chi connectivity index (χ3v) is 6.18. The van der Waals surface area contributed by atoms with Crippen molar-refractivity contribution in [2.24, 2.45) is 10.9 Å². The van der Waals surface area contributed by atoms with Crippen LogP contribution in [0.4, 0.5) is 0 Å². The van der Waals surface area contributed by atoms with Gasteiger partial charge in [0.2, 0.25) is 0 Å². The van der Waals surface area contributed by atoms with E-state index in [4.69, 9.17) is 4.99 Å². The summed E-state index contributed by atoms with van der Waals surface area (Å²) in [6.07, 6.45) is 3.79. The molecule has 3 rings (SSSR count). The Morgan fingerprint density at radius 1 is 1.18 bits per heavy atom. The minimum atomic E-state index is 0.468. The Balaban J connectivity index is 1.52. The lowest BCUT2D eigenvalue weighted by Crippen LogP contribution is -2.45. The predicted octanol–water partition coefficient (Wildman–Crippen LogP) is 2.94. The van der Waals surface area contributed by atoms with Gasteiger partial charge in [0.15, 0.2) is 5.96 Å². The smallest absolute Gasteiger partial charge is 0.191 e. The van der Waals surface area contributed by atoms with Crippen molar-refractivity contribution in [2.45, 2.75) is 58.7 Å². The van der Waals surface area contributed by atoms with E-state index in [2.05, 4.69) is 71.5 Å². The van der Waals surface area contributed by atoms with Crippen LogP contribution in [-0.4, -0.2) is 67.1 Å². The molecule has 0 aliphatic carbocycles. The second-order valence-corrected chi connectivity index (χ2v) is 8.46. The maximum Gasteiger partial charge on any atom is 0.191 e. The lowest BCUT2D eigenvalue weighted by Gasteiger charge is -2.31. The van der Waals surface area contributed by atoms with Gasteiger partial charge in [-0.25, -0.2) is 0 Å². The van der Waals surface area contributed by atoms with E-state index >= 15 is 0 Å². The van der Waals surface area contributed by atoms with E-state index in [9.17, 15) is 0 Å². The Hall–Kier alpha value is -1.59. The van der Waals surface area contributed by atoms with Crippen LogP contribution < -0.4 is 10.6 Å². The molecule has 1 aromatic rings. The lowest BCUT2D eigenvalue weighted by molar-refractivity contribution is 0.186. The van der Waals surface area contributed by atoms with Crippen LogP contribution in [0.5, 0.6) is 0 Å². The van der Waals surface area contributed by atoms with Crippen molar-refractivity contribution in [3.63, 3.8) is 0 Å². The molecule has 3 atom stereocenters. The molecule has 0 bridgehead atoms. The molecule has 0 radical (unpaired) electrons. The van der Waals surface area contributed by atoms with Gasteiger partial charge >= 0.3 is 0 Å². The first-order valence-electron chi connectivity index (χ1n) is 11.2. The van der Waals surface area contributed by atoms with Crippen LogP contribution in [0.15, 0.2) is 35.3 Å². The van der Waals surface area contributed by atoms with E-state index in [1.807, 2.05) is 0 Å². The van der Waals surface area contributed by atoms with Gasteiger partial charge in [-0.1, -0.05) is 37.3 Å². The molecule has 5 heteroatoms. The summed E-state index contributed by atoms with van der Waals surface area (Å²) in [6, 6.07) is 11.9. The first-order chi connectivity index (χ1) is 13.7. The highest BCUT2D eigenvalue weighted by Crippen LogP contribution is 2.20. The van der Waals surface area contributed by atoms with Crippen LogP contribution in [0.25, 0.3) is 0 Å². The average Bonchev–Trinajstić information content (AvgIpc) is 3.06. The molecule has 5 nitrogen and oxygen atoms in total. The fraction of sp³-hybridized carbons (Fsp3) is 0.696. The van der Waals surface area contributed by atoms with Gasteiger partial charge < -0.3 is 15.5 Å². The van der Waals surface area contributed by atoms with Gasteiger partial charge in [0.05, 0.1) is 0 Å². The van der Waals surface area contributed by atoms with Crippen LogP contribution in [0.1, 0.15) is 45.6 Å². The maximum atomic E-state index is 4.95. The first-order valence-corrected chi connectivity index (χ1v) is 11.2. The number of rotatable bonds is 7. The first kappa shape index (κ1) is 21.1. The van der Waals surface area contributed by atoms with Crippen LogP contribution in [0.3, 0.4) is 0 Å². The number of aliphatic imine (C=N–C) groups is 1. The zero-order valence-electron chi connectivity index (χ0n) is 18.0. The molecule has 2 aliphatic rings. The second-order valence-electron chi connectivity index (χ2n) is 8.46. The van der Waals surface area contributed by atoms with Crippen LogP contribution in [-0.2, 0) is 6.54 Å². The average molecular weight is 386 g/mol. The molecule has 2 N–H and O–H groups in total. The highest BCUT2D eigenvalue weighted by molar-refractivity contribution is 5.80. The maximum absolute atomic E-state index is 4.95. The molecular formula is C23H39N5. The molecule has 1 aromatic carbocycles. The van der Waals surface area contributed by atoms with Gasteiger partial charge in [0.1, 0.15) is 0 Å². The minimum absolute atomic E-state index is 0.468. The third-order valence-electron chi connectivity index (χ3n) is 6.18. The number of nitrogens with one attached hydrogen (secondary N) is 2. The monoisotopic (exact) mass is 385 g/mol. The molecule has 28 heavy (non-hydrogen) atoms. The van der Waals surface area contributed by atoms with E-state index in [1.165, 1.54) is 37.9 Å². The highest BCUT2D eigenvalue weighted by atomic mass is 15.3. The SMILES string of the molecule is CCNC(=NCC1CCCN(CC)C1)NC1CC(C)N(Cc2ccccc2)C1. The highest BCUT2D eigenvalue weighted by Gasteiger charge is 2.29. The van der Waals surface area contributed by atoms with E-state index in [-0.39, 0.29) is 0 Å². The van der Waals surface area contributed by atoms with E-state index < -0.39 is 0 Å². The van der Waals surface area contributed by atoms with Gasteiger partial charge in [0, 0.05) is 44.8 Å². The van der Waals surface area contributed by atoms with Crippen molar-refractivity contribution in [3.8, 4) is 0 Å². The zero-order chi connectivity index (χ0) is 19.8. The summed E-state index contributed by atoms with van der Waals surface area (Å²) in [6.45, 7) is 14.3. The number of hydrogen-bond acceptors (Lipinski definition) is 3. The number of guanidine groups is 1. The van der Waals surface area contributed by atoms with Gasteiger partial charge in [-0.2, -0.15) is 0 Å². The predicted molar refractivity (Wildman–Crippen MR) is 119 cm³/mol. The Kier molecular flexibility index (Phi) is 8.16. The van der Waals surface area contributed by atoms with Crippen molar-refractivity contribution >= 4 is 5.96 Å². The summed E-state index contributed by atoms with van der Waals surface area (Å²) < 4.78 is 0. The molecular weight excluding hydrogens is 346 g/mol. The van der Waals surface area contributed by atoms with Crippen molar-refractivity contribution in [3.05, 3.63) is 35.9 Å². The van der Waals surface area contributed by atoms with E-state index in [1.54, 1.807) is 0 Å². The molecule has 0 saturated carbocycles. The summed E-state index contributed by atoms with van der Waals surface area (Å²) in [7, 11) is 0. The number of likely N-dealkylation sites (tertiary alicyclic amines) is 2. The summed E-state index contributed by atoms with van der Waals surface area (Å²) >= 11 is 0. The molecule has 0 amide bonds. The number of hydrogen-bond donors (Lipinski definition) is 2. The van der Waals surface area contributed by atoms with Gasteiger partial charge in [-0.15, -0.1) is 0 Å². The molecule has 156 valence electrons. The standard InChI is InChI=1S/C23H39N5/c1-4-24-23(25-15-21-12-9-13-27(5-2)16-21)26-22-14-19(3)28(18-22)17-20-10-7-6-8-11-20/h6-8,10-11,19,21-22H,4-5,9,12-18H2,1-3H3,(H2,24,25,26). The van der Waals surface area contributed by atoms with Crippen LogP contribution in [0, 0.1) is 5.92 Å². The molecule has 2 fully saturated rings. The molecule has 2 saturated heterocycles. The summed E-state index contributed by atoms with van der Waals surface area (Å²) in [4.78, 5) is 10.1. The number of nitrogens with zero attached hydrogens (tertiary/aromatic N) is 3. The van der Waals surface area contributed by atoms with Gasteiger partial charge in [-0.3, -0.25) is 9.89 Å². The van der Waals surface area contributed by atoms with E-state index in [0.717, 1.165) is 38.7 Å². The Morgan fingerprint density at radius 2 is 2.00 bits per heavy atom. The largest absolute Gasteiger partial charge is 0.357 e. The zero-order valence-corrected chi connectivity index (χ0v) is 18.0. The minimum Gasteiger partial charge on any atom is -0.357 e. The Morgan fingerprint density at radius 3 is 2.75 bits per heavy atom. The number of piperidine rings is 1. The normalized spacial score (nSPS) is 27.1. The molecule has 3 unspecified atom stereocenters. The Labute approximate surface area is 171 Å². The van der Waals surface area contributed by atoms with Crippen LogP contribution in [0.2, 0.25) is 0 Å². The fourth-order valence-electron chi connectivity index (χ4n) is 4.56. The van der Waals surface area contributed by atoms with Gasteiger partial charge in [-0.05, 0) is 57.7 Å². The second kappa shape index (κ2) is 10.8. The van der Waals surface area contributed by atoms with Crippen molar-refractivity contribution in [1.82, 2.24) is 20.4 Å². The molecule has 0 spiro atoms. The summed E-state index contributed by atoms with van der Waals surface area (Å²) in [5.74, 6) is 1.69. The quantitative estimate of drug-likeness (QED) is 0.559. The van der Waals surface area contributed by atoms with Crippen LogP contribution >= 0.6 is 0 Å². The summed E-state index contributed by atoms with van der Waals surface area (Å²) in [5.41, 5.74) is 1.40. The van der Waals surface area contributed by atoms with Crippen molar-refractivity contribution < 1.29 is 0 Å². The molecule has 2 heterocycles. The third kappa shape index (κ3) is 6.21. The van der Waals surface area contributed by atoms with E-state index in [0.29, 0.717) is 18.0 Å². The Bertz CT molecular complexity index is 602. The fourth-order valence-corrected chi connectivity index (χ4v) is 4.56.